The lowest BCUT2D eigenvalue weighted by Crippen LogP contribution is -2.28. The van der Waals surface area contributed by atoms with Gasteiger partial charge in [0.05, 0.1) is 23.8 Å². The monoisotopic (exact) mass is 475 g/mol. The van der Waals surface area contributed by atoms with Gasteiger partial charge >= 0.3 is 5.69 Å². The summed E-state index contributed by atoms with van der Waals surface area (Å²) in [6.07, 6.45) is 0. The van der Waals surface area contributed by atoms with E-state index in [-0.39, 0.29) is 18.1 Å². The molecule has 0 saturated carbocycles. The number of nitrogens with one attached hydrogen (secondary N) is 1. The highest BCUT2D eigenvalue weighted by molar-refractivity contribution is 6.31. The molecule has 0 aliphatic heterocycles. The van der Waals surface area contributed by atoms with Crippen LogP contribution in [0.3, 0.4) is 0 Å². The molecule has 5 rings (SSSR count). The zero-order valence-corrected chi connectivity index (χ0v) is 18.7. The number of rotatable bonds is 6. The van der Waals surface area contributed by atoms with Gasteiger partial charge in [-0.1, -0.05) is 41.9 Å². The van der Waals surface area contributed by atoms with Crippen LogP contribution in [0, 0.1) is 0 Å². The highest BCUT2D eigenvalue weighted by Gasteiger charge is 2.19. The van der Waals surface area contributed by atoms with Crippen molar-refractivity contribution in [1.82, 2.24) is 19.2 Å². The first-order valence-corrected chi connectivity index (χ1v) is 10.7. The number of hydrogen-bond donors (Lipinski definition) is 1. The molecular formula is C24H18ClN5O4. The molecule has 0 atom stereocenters. The maximum absolute atomic E-state index is 13.3. The fourth-order valence-electron chi connectivity index (χ4n) is 3.55. The zero-order valence-electron chi connectivity index (χ0n) is 17.9. The molecule has 1 amide bonds. The van der Waals surface area contributed by atoms with Gasteiger partial charge in [-0.2, -0.15) is 0 Å². The minimum absolute atomic E-state index is 0.151. The smallest absolute Gasteiger partial charge is 0.351 e. The van der Waals surface area contributed by atoms with Gasteiger partial charge in [-0.15, -0.1) is 5.10 Å². The van der Waals surface area contributed by atoms with Crippen LogP contribution in [0.4, 0.5) is 5.69 Å². The first-order valence-electron chi connectivity index (χ1n) is 10.3. The molecule has 170 valence electrons. The van der Waals surface area contributed by atoms with Gasteiger partial charge in [0, 0.05) is 5.02 Å². The molecule has 0 aliphatic rings. The Morgan fingerprint density at radius 1 is 1.06 bits per heavy atom. The molecule has 34 heavy (non-hydrogen) atoms. The molecule has 9 nitrogen and oxygen atoms in total. The van der Waals surface area contributed by atoms with Gasteiger partial charge < -0.3 is 14.8 Å². The van der Waals surface area contributed by atoms with Crippen molar-refractivity contribution in [1.29, 1.82) is 0 Å². The molecule has 0 saturated heterocycles. The predicted octanol–water partition coefficient (Wildman–Crippen LogP) is 4.14. The molecule has 0 fully saturated rings. The van der Waals surface area contributed by atoms with E-state index in [1.54, 1.807) is 48.5 Å². The molecule has 10 heteroatoms. The molecular weight excluding hydrogens is 458 g/mol. The van der Waals surface area contributed by atoms with Crippen molar-refractivity contribution >= 4 is 39.9 Å². The van der Waals surface area contributed by atoms with E-state index >= 15 is 0 Å². The van der Waals surface area contributed by atoms with Crippen molar-refractivity contribution in [2.45, 2.75) is 6.54 Å². The van der Waals surface area contributed by atoms with Crippen LogP contribution < -0.4 is 20.5 Å². The Bertz CT molecular complexity index is 1580. The van der Waals surface area contributed by atoms with Crippen LogP contribution in [-0.4, -0.2) is 32.2 Å². The number of ether oxygens (including phenoxy) is 2. The zero-order chi connectivity index (χ0) is 23.7. The SMILES string of the molecule is COc1ccc(Cl)cc1NC(=O)Cn1nc2c(Oc3ccccc3)nc3ccccc3n2c1=O. The minimum atomic E-state index is -0.500. The van der Waals surface area contributed by atoms with Crippen molar-refractivity contribution < 1.29 is 14.3 Å². The third-order valence-corrected chi connectivity index (χ3v) is 5.30. The standard InChI is InChI=1S/C24H18ClN5O4/c1-33-20-12-11-15(25)13-18(20)26-21(31)14-29-24(32)30-19-10-6-5-9-17(19)27-23(22(30)28-29)34-16-7-3-2-4-8-16/h2-13H,14H2,1H3,(H,26,31). The maximum atomic E-state index is 13.3. The summed E-state index contributed by atoms with van der Waals surface area (Å²) in [4.78, 5) is 30.6. The van der Waals surface area contributed by atoms with Gasteiger partial charge in [-0.25, -0.2) is 18.9 Å². The molecule has 1 N–H and O–H groups in total. The van der Waals surface area contributed by atoms with E-state index in [4.69, 9.17) is 21.1 Å². The van der Waals surface area contributed by atoms with Crippen molar-refractivity contribution in [3.8, 4) is 17.4 Å². The molecule has 5 aromatic rings. The Kier molecular flexibility index (Phi) is 5.60. The number of halogens is 1. The van der Waals surface area contributed by atoms with E-state index in [9.17, 15) is 9.59 Å². The van der Waals surface area contributed by atoms with Crippen molar-refractivity contribution in [3.63, 3.8) is 0 Å². The average Bonchev–Trinajstić information content (AvgIpc) is 3.16. The summed E-state index contributed by atoms with van der Waals surface area (Å²) in [6.45, 7) is -0.338. The van der Waals surface area contributed by atoms with Crippen LogP contribution in [0.5, 0.6) is 17.4 Å². The minimum Gasteiger partial charge on any atom is -0.495 e. The second kappa shape index (κ2) is 8.87. The van der Waals surface area contributed by atoms with E-state index in [2.05, 4.69) is 15.4 Å². The molecule has 0 aliphatic carbocycles. The second-order valence-corrected chi connectivity index (χ2v) is 7.75. The Morgan fingerprint density at radius 3 is 2.62 bits per heavy atom. The van der Waals surface area contributed by atoms with Gasteiger partial charge in [0.25, 0.3) is 5.88 Å². The highest BCUT2D eigenvalue weighted by atomic mass is 35.5. The van der Waals surface area contributed by atoms with Gasteiger partial charge in [0.1, 0.15) is 18.0 Å². The first kappa shape index (κ1) is 21.5. The third kappa shape index (κ3) is 4.04. The van der Waals surface area contributed by atoms with Crippen LogP contribution in [0.15, 0.2) is 77.6 Å². The number of methoxy groups -OCH3 is 1. The number of para-hydroxylation sites is 3. The number of fused-ring (bicyclic) bond motifs is 3. The molecule has 0 bridgehead atoms. The third-order valence-electron chi connectivity index (χ3n) is 5.06. The molecule has 3 aromatic carbocycles. The van der Waals surface area contributed by atoms with Gasteiger partial charge in [-0.05, 0) is 42.5 Å². The Labute approximate surface area is 198 Å². The number of anilines is 1. The van der Waals surface area contributed by atoms with Crippen molar-refractivity contribution in [2.24, 2.45) is 0 Å². The van der Waals surface area contributed by atoms with Crippen LogP contribution in [0.2, 0.25) is 5.02 Å². The highest BCUT2D eigenvalue weighted by Crippen LogP contribution is 2.28. The summed E-state index contributed by atoms with van der Waals surface area (Å²) in [5.74, 6) is 0.653. The topological polar surface area (TPSA) is 99.8 Å². The summed E-state index contributed by atoms with van der Waals surface area (Å²) in [7, 11) is 1.48. The number of nitrogens with zero attached hydrogens (tertiary/aromatic N) is 4. The lowest BCUT2D eigenvalue weighted by molar-refractivity contribution is -0.117. The largest absolute Gasteiger partial charge is 0.495 e. The number of amides is 1. The number of aromatic nitrogens is 4. The lowest BCUT2D eigenvalue weighted by atomic mass is 10.3. The number of hydrogen-bond acceptors (Lipinski definition) is 6. The van der Waals surface area contributed by atoms with Crippen molar-refractivity contribution in [2.75, 3.05) is 12.4 Å². The molecule has 0 spiro atoms. The second-order valence-electron chi connectivity index (χ2n) is 7.31. The van der Waals surface area contributed by atoms with Crippen LogP contribution in [0.1, 0.15) is 0 Å². The normalized spacial score (nSPS) is 11.0. The lowest BCUT2D eigenvalue weighted by Gasteiger charge is -2.10. The average molecular weight is 476 g/mol. The van der Waals surface area contributed by atoms with Crippen LogP contribution in [-0.2, 0) is 11.3 Å². The van der Waals surface area contributed by atoms with E-state index in [1.807, 2.05) is 24.3 Å². The first-order chi connectivity index (χ1) is 16.5. The predicted molar refractivity (Wildman–Crippen MR) is 128 cm³/mol. The Hall–Kier alpha value is -4.37. The maximum Gasteiger partial charge on any atom is 0.351 e. The fourth-order valence-corrected chi connectivity index (χ4v) is 3.72. The quantitative estimate of drug-likeness (QED) is 0.396. The van der Waals surface area contributed by atoms with E-state index < -0.39 is 11.6 Å². The summed E-state index contributed by atoms with van der Waals surface area (Å²) in [5, 5.41) is 7.50. The summed E-state index contributed by atoms with van der Waals surface area (Å²) in [6, 6.07) is 21.0. The van der Waals surface area contributed by atoms with E-state index in [1.165, 1.54) is 11.5 Å². The fraction of sp³-hybridized carbons (Fsp3) is 0.0833. The van der Waals surface area contributed by atoms with Gasteiger partial charge in [0.2, 0.25) is 11.6 Å². The number of carbonyl (C=O) groups excluding carboxylic acids is 1. The number of carbonyl (C=O) groups is 1. The van der Waals surface area contributed by atoms with Gasteiger partial charge in [-0.3, -0.25) is 4.79 Å². The Morgan fingerprint density at radius 2 is 1.82 bits per heavy atom. The van der Waals surface area contributed by atoms with Gasteiger partial charge in [0.15, 0.2) is 0 Å². The molecule has 0 unspecified atom stereocenters. The van der Waals surface area contributed by atoms with E-state index in [0.717, 1.165) is 4.68 Å². The Balaban J connectivity index is 1.55. The summed E-state index contributed by atoms with van der Waals surface area (Å²) in [5.41, 5.74) is 1.18. The van der Waals surface area contributed by atoms with E-state index in [0.29, 0.717) is 33.2 Å². The molecule has 2 aromatic heterocycles. The summed E-state index contributed by atoms with van der Waals surface area (Å²) >= 11 is 6.04. The number of benzene rings is 3. The summed E-state index contributed by atoms with van der Waals surface area (Å²) < 4.78 is 13.6. The van der Waals surface area contributed by atoms with Crippen molar-refractivity contribution in [3.05, 3.63) is 88.3 Å². The molecule has 0 radical (unpaired) electrons. The molecule has 2 heterocycles. The van der Waals surface area contributed by atoms with Crippen LogP contribution in [0.25, 0.3) is 16.7 Å². The van der Waals surface area contributed by atoms with Crippen LogP contribution >= 0.6 is 11.6 Å².